The minimum atomic E-state index is -2.98. The van der Waals surface area contributed by atoms with E-state index >= 15 is 0 Å². The van der Waals surface area contributed by atoms with Crippen LogP contribution >= 0.6 is 0 Å². The van der Waals surface area contributed by atoms with Gasteiger partial charge in [-0.05, 0) is 36.6 Å². The molecule has 25 heavy (non-hydrogen) atoms. The molecule has 8 heteroatoms. The van der Waals surface area contributed by atoms with E-state index in [2.05, 4.69) is 0 Å². The number of hydrogen-bond donors (Lipinski definition) is 0. The topological polar surface area (TPSA) is 74.8 Å². The maximum absolute atomic E-state index is 12.9. The third-order valence-electron chi connectivity index (χ3n) is 4.80. The number of nitrogens with zero attached hydrogens (tertiary/aromatic N) is 2. The van der Waals surface area contributed by atoms with Gasteiger partial charge in [-0.1, -0.05) is 0 Å². The normalized spacial score (nSPS) is 22.8. The van der Waals surface area contributed by atoms with Crippen molar-refractivity contribution in [1.29, 1.82) is 0 Å². The fraction of sp³-hybridized carbons (Fsp3) is 0.529. The molecule has 0 aromatic heterocycles. The van der Waals surface area contributed by atoms with Crippen molar-refractivity contribution in [2.75, 3.05) is 37.7 Å². The molecule has 0 aliphatic carbocycles. The first kappa shape index (κ1) is 17.8. The molecule has 1 aromatic rings. The lowest BCUT2D eigenvalue weighted by Gasteiger charge is -2.35. The predicted octanol–water partition coefficient (Wildman–Crippen LogP) is 0.935. The summed E-state index contributed by atoms with van der Waals surface area (Å²) in [5, 5.41) is 0. The lowest BCUT2D eigenvalue weighted by atomic mass is 10.0. The van der Waals surface area contributed by atoms with Crippen LogP contribution in [0.5, 0.6) is 0 Å². The summed E-state index contributed by atoms with van der Waals surface area (Å²) in [7, 11) is -2.98. The summed E-state index contributed by atoms with van der Waals surface area (Å²) in [4.78, 5) is 28.0. The Morgan fingerprint density at radius 1 is 1.04 bits per heavy atom. The number of carbonyl (C=O) groups is 2. The Balaban J connectivity index is 1.50. The molecular formula is C17H21FN2O4S. The second kappa shape index (κ2) is 7.11. The maximum Gasteiger partial charge on any atom is 0.253 e. The van der Waals surface area contributed by atoms with Gasteiger partial charge in [-0.15, -0.1) is 0 Å². The molecule has 2 aliphatic heterocycles. The molecule has 6 nitrogen and oxygen atoms in total. The van der Waals surface area contributed by atoms with Gasteiger partial charge in [0.1, 0.15) is 5.82 Å². The Bertz CT molecular complexity index is 755. The fourth-order valence-electron chi connectivity index (χ4n) is 3.34. The minimum Gasteiger partial charge on any atom is -0.339 e. The molecule has 0 radical (unpaired) electrons. The lowest BCUT2D eigenvalue weighted by molar-refractivity contribution is -0.133. The Kier molecular flexibility index (Phi) is 5.08. The van der Waals surface area contributed by atoms with Crippen molar-refractivity contribution in [3.05, 3.63) is 35.6 Å². The summed E-state index contributed by atoms with van der Waals surface area (Å²) in [6, 6.07) is 5.41. The first-order valence-corrected chi connectivity index (χ1v) is 10.2. The van der Waals surface area contributed by atoms with Gasteiger partial charge in [-0.3, -0.25) is 9.59 Å². The van der Waals surface area contributed by atoms with Gasteiger partial charge in [0.15, 0.2) is 9.84 Å². The highest BCUT2D eigenvalue weighted by molar-refractivity contribution is 7.91. The monoisotopic (exact) mass is 368 g/mol. The van der Waals surface area contributed by atoms with Gasteiger partial charge in [0, 0.05) is 38.2 Å². The zero-order valence-corrected chi connectivity index (χ0v) is 14.7. The minimum absolute atomic E-state index is 0.0454. The molecule has 0 spiro atoms. The molecule has 1 unspecified atom stereocenters. The number of benzene rings is 1. The number of sulfone groups is 1. The molecule has 2 aliphatic rings. The lowest BCUT2D eigenvalue weighted by Crippen LogP contribution is -2.50. The summed E-state index contributed by atoms with van der Waals surface area (Å²) in [5.41, 5.74) is 0.428. The third kappa shape index (κ3) is 4.36. The number of halogens is 1. The van der Waals surface area contributed by atoms with Crippen molar-refractivity contribution in [2.24, 2.45) is 5.92 Å². The number of amides is 2. The van der Waals surface area contributed by atoms with Crippen LogP contribution in [-0.4, -0.2) is 67.7 Å². The van der Waals surface area contributed by atoms with E-state index in [1.54, 1.807) is 9.80 Å². The van der Waals surface area contributed by atoms with E-state index in [0.29, 0.717) is 38.2 Å². The van der Waals surface area contributed by atoms with Crippen molar-refractivity contribution in [2.45, 2.75) is 12.8 Å². The molecule has 0 N–H and O–H groups in total. The van der Waals surface area contributed by atoms with Crippen molar-refractivity contribution >= 4 is 21.7 Å². The summed E-state index contributed by atoms with van der Waals surface area (Å²) < 4.78 is 35.9. The van der Waals surface area contributed by atoms with Crippen LogP contribution in [0.15, 0.2) is 24.3 Å². The number of rotatable bonds is 3. The fourth-order valence-corrected chi connectivity index (χ4v) is 5.20. The predicted molar refractivity (Wildman–Crippen MR) is 90.3 cm³/mol. The van der Waals surface area contributed by atoms with Gasteiger partial charge in [0.05, 0.1) is 11.5 Å². The van der Waals surface area contributed by atoms with Crippen molar-refractivity contribution in [3.63, 3.8) is 0 Å². The smallest absolute Gasteiger partial charge is 0.253 e. The number of hydrogen-bond acceptors (Lipinski definition) is 4. The number of carbonyl (C=O) groups excluding carboxylic acids is 2. The first-order chi connectivity index (χ1) is 11.8. The molecule has 0 saturated carbocycles. The Labute approximate surface area is 146 Å². The Hall–Kier alpha value is -1.96. The summed E-state index contributed by atoms with van der Waals surface area (Å²) >= 11 is 0. The zero-order valence-electron chi connectivity index (χ0n) is 13.9. The number of piperazine rings is 1. The van der Waals surface area contributed by atoms with Crippen LogP contribution in [0.2, 0.25) is 0 Å². The second-order valence-electron chi connectivity index (χ2n) is 6.65. The van der Waals surface area contributed by atoms with Crippen LogP contribution < -0.4 is 0 Å². The van der Waals surface area contributed by atoms with Gasteiger partial charge in [-0.25, -0.2) is 12.8 Å². The van der Waals surface area contributed by atoms with Crippen molar-refractivity contribution in [3.8, 4) is 0 Å². The second-order valence-corrected chi connectivity index (χ2v) is 8.88. The van der Waals surface area contributed by atoms with Gasteiger partial charge >= 0.3 is 0 Å². The van der Waals surface area contributed by atoms with Gasteiger partial charge in [0.25, 0.3) is 5.91 Å². The summed E-state index contributed by atoms with van der Waals surface area (Å²) in [6.45, 7) is 1.71. The quantitative estimate of drug-likeness (QED) is 0.796. The molecule has 2 saturated heterocycles. The molecule has 3 rings (SSSR count). The summed E-state index contributed by atoms with van der Waals surface area (Å²) in [6.07, 6.45) is 0.808. The Morgan fingerprint density at radius 3 is 2.20 bits per heavy atom. The van der Waals surface area contributed by atoms with Crippen LogP contribution in [0, 0.1) is 11.7 Å². The molecule has 2 fully saturated rings. The molecular weight excluding hydrogens is 347 g/mol. The van der Waals surface area contributed by atoms with Crippen molar-refractivity contribution in [1.82, 2.24) is 9.80 Å². The molecule has 2 amide bonds. The van der Waals surface area contributed by atoms with Crippen LogP contribution in [0.1, 0.15) is 23.2 Å². The van der Waals surface area contributed by atoms with Crippen molar-refractivity contribution < 1.29 is 22.4 Å². The average Bonchev–Trinajstić information content (AvgIpc) is 2.93. The highest BCUT2D eigenvalue weighted by atomic mass is 32.2. The third-order valence-corrected chi connectivity index (χ3v) is 6.64. The SMILES string of the molecule is O=C(CC1CCS(=O)(=O)C1)N1CCN(C(=O)c2ccc(F)cc2)CC1. The van der Waals surface area contributed by atoms with Gasteiger partial charge in [0.2, 0.25) is 5.91 Å². The molecule has 0 bridgehead atoms. The van der Waals surface area contributed by atoms with E-state index in [-0.39, 0.29) is 41.5 Å². The maximum atomic E-state index is 12.9. The van der Waals surface area contributed by atoms with Crippen LogP contribution in [0.25, 0.3) is 0 Å². The van der Waals surface area contributed by atoms with E-state index < -0.39 is 9.84 Å². The van der Waals surface area contributed by atoms with E-state index in [9.17, 15) is 22.4 Å². The van der Waals surface area contributed by atoms with Crippen LogP contribution in [-0.2, 0) is 14.6 Å². The van der Waals surface area contributed by atoms with Crippen LogP contribution in [0.3, 0.4) is 0 Å². The average molecular weight is 368 g/mol. The zero-order chi connectivity index (χ0) is 18.0. The molecule has 1 atom stereocenters. The van der Waals surface area contributed by atoms with E-state index in [0.717, 1.165) is 0 Å². The van der Waals surface area contributed by atoms with Gasteiger partial charge in [-0.2, -0.15) is 0 Å². The van der Waals surface area contributed by atoms with E-state index in [4.69, 9.17) is 0 Å². The standard InChI is InChI=1S/C17H21FN2O4S/c18-15-3-1-14(2-4-15)17(22)20-8-6-19(7-9-20)16(21)11-13-5-10-25(23,24)12-13/h1-4,13H,5-12H2. The summed E-state index contributed by atoms with van der Waals surface area (Å²) in [5.74, 6) is -0.422. The highest BCUT2D eigenvalue weighted by Gasteiger charge is 2.32. The Morgan fingerprint density at radius 2 is 1.64 bits per heavy atom. The van der Waals surface area contributed by atoms with Gasteiger partial charge < -0.3 is 9.80 Å². The molecule has 1 aromatic carbocycles. The highest BCUT2D eigenvalue weighted by Crippen LogP contribution is 2.22. The molecule has 2 heterocycles. The van der Waals surface area contributed by atoms with Crippen LogP contribution in [0.4, 0.5) is 4.39 Å². The first-order valence-electron chi connectivity index (χ1n) is 8.37. The molecule has 136 valence electrons. The van der Waals surface area contributed by atoms with E-state index in [1.165, 1.54) is 24.3 Å². The van der Waals surface area contributed by atoms with E-state index in [1.807, 2.05) is 0 Å². The largest absolute Gasteiger partial charge is 0.339 e.